The predicted molar refractivity (Wildman–Crippen MR) is 103 cm³/mol. The molecule has 3 rings (SSSR count). The summed E-state index contributed by atoms with van der Waals surface area (Å²) >= 11 is 0. The monoisotopic (exact) mass is 396 g/mol. The van der Waals surface area contributed by atoms with Gasteiger partial charge >= 0.3 is 0 Å². The minimum absolute atomic E-state index is 0. The predicted octanol–water partition coefficient (Wildman–Crippen LogP) is 3.12. The molecule has 2 heterocycles. The molecule has 2 N–H and O–H groups in total. The maximum absolute atomic E-state index is 13.7. The Bertz CT molecular complexity index is 773. The fraction of sp³-hybridized carbons (Fsp3) is 0.526. The van der Waals surface area contributed by atoms with Crippen molar-refractivity contribution in [3.05, 3.63) is 35.5 Å². The zero-order valence-corrected chi connectivity index (χ0v) is 16.5. The molecule has 1 aliphatic rings. The Kier molecular flexibility index (Phi) is 7.33. The number of piperidine rings is 1. The van der Waals surface area contributed by atoms with Crippen molar-refractivity contribution >= 4 is 18.3 Å². The maximum atomic E-state index is 13.7. The van der Waals surface area contributed by atoms with Crippen LogP contribution in [0.15, 0.2) is 22.7 Å². The van der Waals surface area contributed by atoms with E-state index in [1.807, 2.05) is 11.8 Å². The number of aromatic nitrogens is 2. The van der Waals surface area contributed by atoms with Gasteiger partial charge in [0.15, 0.2) is 0 Å². The van der Waals surface area contributed by atoms with Gasteiger partial charge in [0, 0.05) is 37.5 Å². The molecule has 2 aromatic rings. The van der Waals surface area contributed by atoms with E-state index >= 15 is 0 Å². The molecular formula is C19H26ClFN4O2. The van der Waals surface area contributed by atoms with E-state index in [4.69, 9.17) is 10.3 Å². The standard InChI is InChI=1S/C19H25FN4O2.ClH/c1-12-3-4-15(11-16(12)20)19-22-17(26-23-19)5-6-18(25)24-9-7-14(8-10-24)13(2)21;/h3-4,11,13-14H,5-10,21H2,1-2H3;1H. The molecule has 6 nitrogen and oxygen atoms in total. The molecule has 27 heavy (non-hydrogen) atoms. The summed E-state index contributed by atoms with van der Waals surface area (Å²) in [5.74, 6) is 1.00. The fourth-order valence-corrected chi connectivity index (χ4v) is 3.25. The third-order valence-electron chi connectivity index (χ3n) is 5.09. The van der Waals surface area contributed by atoms with Gasteiger partial charge in [0.1, 0.15) is 5.82 Å². The molecule has 0 radical (unpaired) electrons. The molecule has 1 fully saturated rings. The highest BCUT2D eigenvalue weighted by Gasteiger charge is 2.25. The number of nitrogens with two attached hydrogens (primary N) is 1. The Morgan fingerprint density at radius 3 is 2.74 bits per heavy atom. The van der Waals surface area contributed by atoms with Crippen LogP contribution in [-0.4, -0.2) is 40.1 Å². The summed E-state index contributed by atoms with van der Waals surface area (Å²) in [6.45, 7) is 5.23. The summed E-state index contributed by atoms with van der Waals surface area (Å²) in [4.78, 5) is 18.5. The molecule has 1 amide bonds. The normalized spacial score (nSPS) is 16.1. The van der Waals surface area contributed by atoms with Crippen LogP contribution in [0.2, 0.25) is 0 Å². The first-order chi connectivity index (χ1) is 12.4. The number of rotatable bonds is 5. The lowest BCUT2D eigenvalue weighted by Gasteiger charge is -2.33. The number of nitrogens with zero attached hydrogens (tertiary/aromatic N) is 3. The van der Waals surface area contributed by atoms with Gasteiger partial charge in [0.25, 0.3) is 0 Å². The lowest BCUT2D eigenvalue weighted by Crippen LogP contribution is -2.42. The number of aryl methyl sites for hydroxylation is 2. The smallest absolute Gasteiger partial charge is 0.227 e. The van der Waals surface area contributed by atoms with Crippen LogP contribution < -0.4 is 5.73 Å². The van der Waals surface area contributed by atoms with Crippen molar-refractivity contribution in [1.82, 2.24) is 15.0 Å². The quantitative estimate of drug-likeness (QED) is 0.839. The van der Waals surface area contributed by atoms with E-state index < -0.39 is 0 Å². The van der Waals surface area contributed by atoms with Gasteiger partial charge < -0.3 is 15.2 Å². The van der Waals surface area contributed by atoms with Gasteiger partial charge in [-0.25, -0.2) is 4.39 Å². The summed E-state index contributed by atoms with van der Waals surface area (Å²) in [5, 5.41) is 3.89. The number of halogens is 2. The Hall–Kier alpha value is -1.99. The average molecular weight is 397 g/mol. The molecule has 1 saturated heterocycles. The second-order valence-corrected chi connectivity index (χ2v) is 7.05. The molecule has 1 atom stereocenters. The minimum Gasteiger partial charge on any atom is -0.343 e. The van der Waals surface area contributed by atoms with Crippen LogP contribution in [0.3, 0.4) is 0 Å². The van der Waals surface area contributed by atoms with Crippen LogP contribution >= 0.6 is 12.4 Å². The van der Waals surface area contributed by atoms with Gasteiger partial charge in [0.2, 0.25) is 17.6 Å². The number of likely N-dealkylation sites (tertiary alicyclic amines) is 1. The van der Waals surface area contributed by atoms with Crippen LogP contribution in [-0.2, 0) is 11.2 Å². The number of amides is 1. The van der Waals surface area contributed by atoms with E-state index in [2.05, 4.69) is 10.1 Å². The van der Waals surface area contributed by atoms with Gasteiger partial charge in [-0.05, 0) is 44.2 Å². The van der Waals surface area contributed by atoms with Crippen LogP contribution in [0.5, 0.6) is 0 Å². The van der Waals surface area contributed by atoms with Crippen LogP contribution in [0.4, 0.5) is 4.39 Å². The van der Waals surface area contributed by atoms with Gasteiger partial charge in [-0.15, -0.1) is 12.4 Å². The first kappa shape index (κ1) is 21.3. The lowest BCUT2D eigenvalue weighted by molar-refractivity contribution is -0.132. The zero-order chi connectivity index (χ0) is 18.7. The van der Waals surface area contributed by atoms with E-state index in [-0.39, 0.29) is 30.2 Å². The van der Waals surface area contributed by atoms with E-state index in [0.29, 0.717) is 41.6 Å². The van der Waals surface area contributed by atoms with Gasteiger partial charge in [0.05, 0.1) is 0 Å². The molecule has 1 aromatic heterocycles. The van der Waals surface area contributed by atoms with Crippen molar-refractivity contribution in [1.29, 1.82) is 0 Å². The molecular weight excluding hydrogens is 371 g/mol. The number of benzene rings is 1. The third kappa shape index (κ3) is 5.26. The Labute approximate surface area is 164 Å². The summed E-state index contributed by atoms with van der Waals surface area (Å²) < 4.78 is 18.9. The second kappa shape index (κ2) is 9.28. The van der Waals surface area contributed by atoms with Crippen molar-refractivity contribution < 1.29 is 13.7 Å². The first-order valence-electron chi connectivity index (χ1n) is 9.06. The largest absolute Gasteiger partial charge is 0.343 e. The molecule has 0 saturated carbocycles. The van der Waals surface area contributed by atoms with Crippen molar-refractivity contribution in [3.8, 4) is 11.4 Å². The lowest BCUT2D eigenvalue weighted by atomic mass is 9.91. The Balaban J connectivity index is 0.00000261. The van der Waals surface area contributed by atoms with Gasteiger partial charge in [-0.1, -0.05) is 17.3 Å². The number of carbonyl (C=O) groups is 1. The van der Waals surface area contributed by atoms with Crippen molar-refractivity contribution in [3.63, 3.8) is 0 Å². The number of carbonyl (C=O) groups excluding carboxylic acids is 1. The van der Waals surface area contributed by atoms with Crippen molar-refractivity contribution in [2.24, 2.45) is 11.7 Å². The molecule has 0 aliphatic carbocycles. The third-order valence-corrected chi connectivity index (χ3v) is 5.09. The van der Waals surface area contributed by atoms with Crippen molar-refractivity contribution in [2.45, 2.75) is 45.6 Å². The Morgan fingerprint density at radius 2 is 2.11 bits per heavy atom. The van der Waals surface area contributed by atoms with Crippen LogP contribution in [0.25, 0.3) is 11.4 Å². The first-order valence-corrected chi connectivity index (χ1v) is 9.06. The molecule has 1 aromatic carbocycles. The van der Waals surface area contributed by atoms with Crippen LogP contribution in [0, 0.1) is 18.7 Å². The fourth-order valence-electron chi connectivity index (χ4n) is 3.25. The number of hydrogen-bond acceptors (Lipinski definition) is 5. The van der Waals surface area contributed by atoms with Gasteiger partial charge in [-0.2, -0.15) is 4.98 Å². The van der Waals surface area contributed by atoms with E-state index in [1.165, 1.54) is 6.07 Å². The van der Waals surface area contributed by atoms with E-state index in [9.17, 15) is 9.18 Å². The SMILES string of the molecule is Cc1ccc(-c2noc(CCC(=O)N3CCC(C(C)N)CC3)n2)cc1F.Cl. The summed E-state index contributed by atoms with van der Waals surface area (Å²) in [5.41, 5.74) is 7.06. The van der Waals surface area contributed by atoms with Gasteiger partial charge in [-0.3, -0.25) is 4.79 Å². The molecule has 1 aliphatic heterocycles. The topological polar surface area (TPSA) is 85.2 Å². The van der Waals surface area contributed by atoms with Crippen LogP contribution in [0.1, 0.15) is 37.6 Å². The highest BCUT2D eigenvalue weighted by Crippen LogP contribution is 2.21. The molecule has 0 bridgehead atoms. The molecule has 1 unspecified atom stereocenters. The summed E-state index contributed by atoms with van der Waals surface area (Å²) in [7, 11) is 0. The number of hydrogen-bond donors (Lipinski definition) is 1. The minimum atomic E-state index is -0.306. The highest BCUT2D eigenvalue weighted by atomic mass is 35.5. The summed E-state index contributed by atoms with van der Waals surface area (Å²) in [6, 6.07) is 4.99. The average Bonchev–Trinajstić information content (AvgIpc) is 3.11. The molecule has 0 spiro atoms. The molecule has 148 valence electrons. The summed E-state index contributed by atoms with van der Waals surface area (Å²) in [6.07, 6.45) is 2.61. The highest BCUT2D eigenvalue weighted by molar-refractivity contribution is 5.85. The second-order valence-electron chi connectivity index (χ2n) is 7.05. The van der Waals surface area contributed by atoms with Crippen molar-refractivity contribution in [2.75, 3.05) is 13.1 Å². The maximum Gasteiger partial charge on any atom is 0.227 e. The molecule has 8 heteroatoms. The zero-order valence-electron chi connectivity index (χ0n) is 15.7. The van der Waals surface area contributed by atoms with E-state index in [1.54, 1.807) is 19.1 Å². The Morgan fingerprint density at radius 1 is 1.41 bits per heavy atom. The van der Waals surface area contributed by atoms with E-state index in [0.717, 1.165) is 25.9 Å².